The summed E-state index contributed by atoms with van der Waals surface area (Å²) in [5.74, 6) is -2.87. The number of carbonyl (C=O) groups is 4. The van der Waals surface area contributed by atoms with E-state index in [4.69, 9.17) is 55.4 Å². The maximum absolute atomic E-state index is 10.5. The minimum atomic E-state index is -4.16. The molecular formula is C28H28N4O14S2. The minimum Gasteiger partial charge on any atom is -0.478 e. The highest BCUT2D eigenvalue weighted by molar-refractivity contribution is 7.86. The zero-order chi connectivity index (χ0) is 37.0. The standard InChI is InChI=1S/C8H7NO4.2C7H7NO2.C6H7NO3S.O3S/c9-7-3-5(13-4-10)1-2-6(7)8(11)12;2*8-6-4-2-1-3-5(6)7(9)10;7-5-3-1-2-4-6(5)11(8,9)10;1-4(2)3/h1-4H,9H2,(H,11,12);2*1-4H,8H2,(H,9,10);1-4H,7H2,(H,8,9,10);. The van der Waals surface area contributed by atoms with Crippen molar-refractivity contribution in [2.75, 3.05) is 22.9 Å². The van der Waals surface area contributed by atoms with E-state index in [9.17, 15) is 27.6 Å². The average molecular weight is 709 g/mol. The highest BCUT2D eigenvalue weighted by atomic mass is 32.2. The minimum absolute atomic E-state index is 0.0155. The number of anilines is 4. The number of nitrogen functional groups attached to an aromatic ring is 4. The number of benzene rings is 4. The van der Waals surface area contributed by atoms with Gasteiger partial charge < -0.3 is 43.0 Å². The van der Waals surface area contributed by atoms with Crippen LogP contribution >= 0.6 is 0 Å². The van der Waals surface area contributed by atoms with Crippen molar-refractivity contribution in [3.8, 4) is 5.75 Å². The zero-order valence-corrected chi connectivity index (χ0v) is 25.9. The second kappa shape index (κ2) is 20.5. The van der Waals surface area contributed by atoms with Crippen molar-refractivity contribution in [2.45, 2.75) is 4.90 Å². The molecule has 256 valence electrons. The lowest BCUT2D eigenvalue weighted by atomic mass is 10.2. The molecule has 0 spiro atoms. The molecule has 4 aromatic carbocycles. The van der Waals surface area contributed by atoms with Gasteiger partial charge in [0.2, 0.25) is 0 Å². The molecule has 0 aliphatic heterocycles. The van der Waals surface area contributed by atoms with Gasteiger partial charge in [-0.15, -0.1) is 12.6 Å². The second-order valence-corrected chi connectivity index (χ2v) is 10.1. The van der Waals surface area contributed by atoms with Gasteiger partial charge in [0, 0.05) is 23.1 Å². The van der Waals surface area contributed by atoms with Crippen LogP contribution < -0.4 is 27.7 Å². The van der Waals surface area contributed by atoms with Gasteiger partial charge in [-0.3, -0.25) is 9.35 Å². The van der Waals surface area contributed by atoms with E-state index < -0.39 is 38.6 Å². The van der Waals surface area contributed by atoms with Crippen LogP contribution in [-0.2, 0) is 25.5 Å². The van der Waals surface area contributed by atoms with Crippen LogP contribution in [0.25, 0.3) is 0 Å². The van der Waals surface area contributed by atoms with Crippen LogP contribution in [-0.4, -0.2) is 65.3 Å². The van der Waals surface area contributed by atoms with Crippen LogP contribution in [0.3, 0.4) is 0 Å². The highest BCUT2D eigenvalue weighted by Crippen LogP contribution is 2.19. The van der Waals surface area contributed by atoms with Gasteiger partial charge in [0.25, 0.3) is 16.6 Å². The summed E-state index contributed by atoms with van der Waals surface area (Å²) in [7, 11) is -7.27. The molecule has 0 aliphatic rings. The Morgan fingerprint density at radius 1 is 0.604 bits per heavy atom. The molecule has 4 aromatic rings. The average Bonchev–Trinajstić information content (AvgIpc) is 2.98. The molecule has 0 atom stereocenters. The number of aromatic carboxylic acids is 3. The SMILES string of the molecule is Nc1cc(OC=O)ccc1C(=O)O.Nc1ccccc1C(=O)O.Nc1ccccc1C(=O)O.Nc1ccccc1S(=O)(=O)O.O=S(=O)=O. The Hall–Kier alpha value is -6.51. The smallest absolute Gasteiger partial charge is 0.425 e. The maximum atomic E-state index is 10.5. The number of carboxylic acid groups (broad SMARTS) is 3. The molecule has 0 amide bonds. The van der Waals surface area contributed by atoms with E-state index in [1.807, 2.05) is 0 Å². The van der Waals surface area contributed by atoms with Crippen molar-refractivity contribution in [1.82, 2.24) is 0 Å². The van der Waals surface area contributed by atoms with Crippen LogP contribution in [0.4, 0.5) is 22.7 Å². The van der Waals surface area contributed by atoms with Crippen LogP contribution in [0.1, 0.15) is 31.1 Å². The third-order valence-corrected chi connectivity index (χ3v) is 5.94. The summed E-state index contributed by atoms with van der Waals surface area (Å²) >= 11 is 0. The third kappa shape index (κ3) is 16.0. The first-order valence-electron chi connectivity index (χ1n) is 12.3. The first kappa shape index (κ1) is 41.5. The predicted molar refractivity (Wildman–Crippen MR) is 170 cm³/mol. The summed E-state index contributed by atoms with van der Waals surface area (Å²) in [6.07, 6.45) is 0. The van der Waals surface area contributed by atoms with Gasteiger partial charge >= 0.3 is 28.5 Å². The lowest BCUT2D eigenvalue weighted by Gasteiger charge is -2.02. The van der Waals surface area contributed by atoms with E-state index in [-0.39, 0.29) is 45.2 Å². The van der Waals surface area contributed by atoms with E-state index in [0.717, 1.165) is 0 Å². The second-order valence-electron chi connectivity index (χ2n) is 8.27. The van der Waals surface area contributed by atoms with Gasteiger partial charge in [-0.2, -0.15) is 8.42 Å². The van der Waals surface area contributed by atoms with Crippen molar-refractivity contribution in [2.24, 2.45) is 0 Å². The molecule has 0 bridgehead atoms. The quantitative estimate of drug-likeness (QED) is 0.0805. The number of carbonyl (C=O) groups excluding carboxylic acids is 1. The van der Waals surface area contributed by atoms with Gasteiger partial charge in [-0.1, -0.05) is 36.4 Å². The summed E-state index contributed by atoms with van der Waals surface area (Å²) in [6, 6.07) is 22.4. The van der Waals surface area contributed by atoms with Crippen molar-refractivity contribution in [3.05, 3.63) is 108 Å². The van der Waals surface area contributed by atoms with Crippen LogP contribution in [0.15, 0.2) is 95.9 Å². The first-order chi connectivity index (χ1) is 22.3. The lowest BCUT2D eigenvalue weighted by molar-refractivity contribution is -0.120. The maximum Gasteiger partial charge on any atom is 0.425 e. The van der Waals surface area contributed by atoms with E-state index in [1.165, 1.54) is 48.5 Å². The van der Waals surface area contributed by atoms with E-state index in [1.54, 1.807) is 42.5 Å². The Balaban J connectivity index is 0.000000594. The molecular weight excluding hydrogens is 680 g/mol. The molecule has 0 heterocycles. The Morgan fingerprint density at radius 3 is 1.23 bits per heavy atom. The molecule has 0 radical (unpaired) electrons. The summed E-state index contributed by atoms with van der Waals surface area (Å²) < 4.78 is 59.4. The fraction of sp³-hybridized carbons (Fsp3) is 0. The number of hydrogen-bond acceptors (Lipinski definition) is 14. The van der Waals surface area contributed by atoms with Crippen molar-refractivity contribution >= 4 is 67.9 Å². The molecule has 0 fully saturated rings. The summed E-state index contributed by atoms with van der Waals surface area (Å²) in [5.41, 5.74) is 22.3. The van der Waals surface area contributed by atoms with E-state index >= 15 is 0 Å². The number of rotatable bonds is 6. The predicted octanol–water partition coefficient (Wildman–Crippen LogP) is 1.95. The van der Waals surface area contributed by atoms with Gasteiger partial charge in [0.1, 0.15) is 10.6 Å². The molecule has 0 saturated carbocycles. The number of hydrogen-bond donors (Lipinski definition) is 8. The lowest BCUT2D eigenvalue weighted by Crippen LogP contribution is -2.02. The molecule has 0 aromatic heterocycles. The molecule has 0 aliphatic carbocycles. The summed E-state index contributed by atoms with van der Waals surface area (Å²) in [4.78, 5) is 40.9. The monoisotopic (exact) mass is 708 g/mol. The zero-order valence-electron chi connectivity index (χ0n) is 24.2. The highest BCUT2D eigenvalue weighted by Gasteiger charge is 2.11. The van der Waals surface area contributed by atoms with Crippen LogP contribution in [0, 0.1) is 0 Å². The third-order valence-electron chi connectivity index (χ3n) is 5.02. The van der Waals surface area contributed by atoms with Gasteiger partial charge in [0.15, 0.2) is 0 Å². The Morgan fingerprint density at radius 2 is 0.958 bits per heavy atom. The Labute approximate surface area is 273 Å². The first-order valence-corrected chi connectivity index (χ1v) is 14.7. The van der Waals surface area contributed by atoms with Crippen molar-refractivity contribution in [3.63, 3.8) is 0 Å². The summed E-state index contributed by atoms with van der Waals surface area (Å²) in [6.45, 7) is 0.245. The Bertz CT molecular complexity index is 1890. The van der Waals surface area contributed by atoms with Crippen LogP contribution in [0.2, 0.25) is 0 Å². The van der Waals surface area contributed by atoms with E-state index in [0.29, 0.717) is 11.4 Å². The van der Waals surface area contributed by atoms with Crippen molar-refractivity contribution in [1.29, 1.82) is 0 Å². The van der Waals surface area contributed by atoms with Gasteiger partial charge in [0.05, 0.1) is 22.4 Å². The van der Waals surface area contributed by atoms with Crippen LogP contribution in [0.5, 0.6) is 5.75 Å². The van der Waals surface area contributed by atoms with E-state index in [2.05, 4.69) is 4.74 Å². The topological polar surface area (TPSA) is 348 Å². The molecule has 48 heavy (non-hydrogen) atoms. The number of ether oxygens (including phenoxy) is 1. The summed E-state index contributed by atoms with van der Waals surface area (Å²) in [5, 5.41) is 25.6. The fourth-order valence-electron chi connectivity index (χ4n) is 2.96. The largest absolute Gasteiger partial charge is 0.478 e. The van der Waals surface area contributed by atoms with Crippen molar-refractivity contribution < 1.29 is 64.8 Å². The number of carboxylic acids is 3. The molecule has 4 rings (SSSR count). The number of para-hydroxylation sites is 3. The number of nitrogens with two attached hydrogens (primary N) is 4. The fourth-order valence-corrected chi connectivity index (χ4v) is 3.58. The molecule has 20 heteroatoms. The molecule has 0 unspecified atom stereocenters. The molecule has 12 N–H and O–H groups in total. The molecule has 0 saturated heterocycles. The van der Waals surface area contributed by atoms with Gasteiger partial charge in [-0.05, 0) is 48.5 Å². The Kier molecular flexibility index (Phi) is 17.7. The molecule has 18 nitrogen and oxygen atoms in total. The normalized spacial score (nSPS) is 9.44. The van der Waals surface area contributed by atoms with Gasteiger partial charge in [-0.25, -0.2) is 14.4 Å².